The van der Waals surface area contributed by atoms with Crippen molar-refractivity contribution in [1.29, 1.82) is 0 Å². The molecule has 40 heavy (non-hydrogen) atoms. The highest BCUT2D eigenvalue weighted by atomic mass is 19.1. The third-order valence-corrected chi connectivity index (χ3v) is 9.85. The fraction of sp³-hybridized carbons (Fsp3) is 0.533. The molecule has 0 radical (unpaired) electrons. The van der Waals surface area contributed by atoms with E-state index in [4.69, 9.17) is 9.72 Å². The zero-order valence-corrected chi connectivity index (χ0v) is 22.7. The SMILES string of the molecule is Cc1ccc2[nH]ncc2c1-c1ncc2c(N3CC4CCC(C4)C3)nc(OC[C@@]34CCCN3C[C@H](F)C4)nc2c1F. The van der Waals surface area contributed by atoms with E-state index in [2.05, 4.69) is 30.0 Å². The van der Waals surface area contributed by atoms with E-state index in [-0.39, 0.29) is 22.8 Å². The maximum atomic E-state index is 16.6. The van der Waals surface area contributed by atoms with Crippen molar-refractivity contribution in [2.24, 2.45) is 11.8 Å². The number of nitrogens with one attached hydrogen (secondary N) is 1. The minimum absolute atomic E-state index is 0.151. The first-order chi connectivity index (χ1) is 19.5. The number of halogens is 2. The van der Waals surface area contributed by atoms with Gasteiger partial charge in [-0.15, -0.1) is 0 Å². The van der Waals surface area contributed by atoms with Gasteiger partial charge in [-0.2, -0.15) is 15.1 Å². The number of hydrogen-bond acceptors (Lipinski definition) is 7. The Morgan fingerprint density at radius 2 is 1.95 bits per heavy atom. The number of rotatable bonds is 5. The number of anilines is 1. The van der Waals surface area contributed by atoms with Gasteiger partial charge in [0, 0.05) is 43.2 Å². The van der Waals surface area contributed by atoms with Crippen molar-refractivity contribution in [3.8, 4) is 17.3 Å². The largest absolute Gasteiger partial charge is 0.461 e. The molecule has 10 heteroatoms. The predicted octanol–water partition coefficient (Wildman–Crippen LogP) is 5.21. The molecule has 4 aliphatic rings. The van der Waals surface area contributed by atoms with Gasteiger partial charge >= 0.3 is 6.01 Å². The van der Waals surface area contributed by atoms with E-state index in [9.17, 15) is 4.39 Å². The van der Waals surface area contributed by atoms with Gasteiger partial charge in [-0.05, 0) is 69.0 Å². The monoisotopic (exact) mass is 545 g/mol. The maximum Gasteiger partial charge on any atom is 0.319 e. The van der Waals surface area contributed by atoms with Gasteiger partial charge in [0.15, 0.2) is 5.82 Å². The lowest BCUT2D eigenvalue weighted by molar-refractivity contribution is 0.107. The first-order valence-electron chi connectivity index (χ1n) is 14.5. The van der Waals surface area contributed by atoms with Crippen LogP contribution in [-0.2, 0) is 0 Å². The fourth-order valence-corrected chi connectivity index (χ4v) is 7.97. The highest BCUT2D eigenvalue weighted by Gasteiger charge is 2.49. The number of pyridine rings is 1. The van der Waals surface area contributed by atoms with Crippen LogP contribution in [0.5, 0.6) is 6.01 Å². The molecule has 1 aromatic carbocycles. The molecule has 4 aromatic rings. The summed E-state index contributed by atoms with van der Waals surface area (Å²) in [6, 6.07) is 4.03. The van der Waals surface area contributed by atoms with Crippen molar-refractivity contribution < 1.29 is 13.5 Å². The van der Waals surface area contributed by atoms with Gasteiger partial charge in [0.25, 0.3) is 0 Å². The summed E-state index contributed by atoms with van der Waals surface area (Å²) in [6.07, 6.45) is 8.64. The molecule has 3 saturated heterocycles. The Morgan fingerprint density at radius 1 is 1.10 bits per heavy atom. The van der Waals surface area contributed by atoms with Gasteiger partial charge in [0.1, 0.15) is 29.8 Å². The van der Waals surface area contributed by atoms with Gasteiger partial charge in [-0.1, -0.05) is 6.07 Å². The summed E-state index contributed by atoms with van der Waals surface area (Å²) < 4.78 is 37.2. The van der Waals surface area contributed by atoms with E-state index >= 15 is 4.39 Å². The minimum atomic E-state index is -0.847. The number of nitrogens with zero attached hydrogens (tertiary/aromatic N) is 6. The van der Waals surface area contributed by atoms with E-state index in [1.807, 2.05) is 19.1 Å². The standard InChI is InChI=1S/C30H33F2N7O/c1-17-3-6-23-21(12-34-37-23)24(17)27-25(32)26-22(11-33-27)28(38-13-18-4-5-19(9-18)14-38)36-29(35-26)40-16-30-7-2-8-39(30)15-20(31)10-30/h3,6,11-12,18-20H,2,4-5,7-10,13-16H2,1H3,(H,34,37)/t18?,19?,20-,30+/m1/s1. The maximum absolute atomic E-state index is 16.6. The minimum Gasteiger partial charge on any atom is -0.461 e. The van der Waals surface area contributed by atoms with Crippen LogP contribution in [0.4, 0.5) is 14.6 Å². The molecule has 1 saturated carbocycles. The Hall–Kier alpha value is -3.40. The van der Waals surface area contributed by atoms with E-state index in [1.165, 1.54) is 19.3 Å². The Kier molecular flexibility index (Phi) is 5.52. The lowest BCUT2D eigenvalue weighted by Gasteiger charge is -2.34. The molecule has 8 rings (SSSR count). The molecule has 208 valence electrons. The zero-order valence-electron chi connectivity index (χ0n) is 22.7. The van der Waals surface area contributed by atoms with Crippen molar-refractivity contribution in [3.63, 3.8) is 0 Å². The summed E-state index contributed by atoms with van der Waals surface area (Å²) >= 11 is 0. The van der Waals surface area contributed by atoms with Crippen molar-refractivity contribution >= 4 is 27.6 Å². The van der Waals surface area contributed by atoms with E-state index in [1.54, 1.807) is 12.4 Å². The average molecular weight is 546 g/mol. The highest BCUT2D eigenvalue weighted by molar-refractivity contribution is 5.98. The summed E-state index contributed by atoms with van der Waals surface area (Å²) in [5.41, 5.74) is 2.53. The van der Waals surface area contributed by atoms with Crippen molar-refractivity contribution in [1.82, 2.24) is 30.0 Å². The number of ether oxygens (including phenoxy) is 1. The average Bonchev–Trinajstić information content (AvgIpc) is 3.71. The second-order valence-corrected chi connectivity index (χ2v) is 12.4. The lowest BCUT2D eigenvalue weighted by Crippen LogP contribution is -2.43. The van der Waals surface area contributed by atoms with Crippen molar-refractivity contribution in [3.05, 3.63) is 35.9 Å². The van der Waals surface area contributed by atoms with Crippen LogP contribution in [0.25, 0.3) is 33.1 Å². The van der Waals surface area contributed by atoms with Gasteiger partial charge < -0.3 is 9.64 Å². The number of aromatic amines is 1. The topological polar surface area (TPSA) is 83.1 Å². The van der Waals surface area contributed by atoms with Crippen LogP contribution in [0.15, 0.2) is 24.5 Å². The normalized spacial score (nSPS) is 28.2. The molecular weight excluding hydrogens is 512 g/mol. The lowest BCUT2D eigenvalue weighted by atomic mass is 9.95. The van der Waals surface area contributed by atoms with Crippen LogP contribution in [0.1, 0.15) is 44.1 Å². The molecule has 3 aliphatic heterocycles. The van der Waals surface area contributed by atoms with Crippen molar-refractivity contribution in [2.75, 3.05) is 37.7 Å². The Balaban J connectivity index is 1.24. The highest BCUT2D eigenvalue weighted by Crippen LogP contribution is 2.43. The third-order valence-electron chi connectivity index (χ3n) is 9.85. The molecular formula is C30H33F2N7O. The molecule has 1 N–H and O–H groups in total. The Bertz CT molecular complexity index is 1610. The number of benzene rings is 1. The number of hydrogen-bond donors (Lipinski definition) is 1. The van der Waals surface area contributed by atoms with Crippen LogP contribution in [0.2, 0.25) is 0 Å². The molecule has 2 bridgehead atoms. The number of aromatic nitrogens is 5. The van der Waals surface area contributed by atoms with Crippen LogP contribution >= 0.6 is 0 Å². The molecule has 0 spiro atoms. The molecule has 0 amide bonds. The number of H-pyrrole nitrogens is 1. The quantitative estimate of drug-likeness (QED) is 0.369. The first kappa shape index (κ1) is 24.4. The smallest absolute Gasteiger partial charge is 0.319 e. The van der Waals surface area contributed by atoms with E-state index in [0.29, 0.717) is 48.2 Å². The molecule has 8 nitrogen and oxygen atoms in total. The van der Waals surface area contributed by atoms with Gasteiger partial charge in [0.05, 0.1) is 22.6 Å². The number of aryl methyl sites for hydroxylation is 1. The molecule has 6 heterocycles. The second-order valence-electron chi connectivity index (χ2n) is 12.4. The molecule has 3 aromatic heterocycles. The van der Waals surface area contributed by atoms with Crippen LogP contribution < -0.4 is 9.64 Å². The first-order valence-corrected chi connectivity index (χ1v) is 14.5. The van der Waals surface area contributed by atoms with Crippen LogP contribution in [0, 0.1) is 24.6 Å². The molecule has 1 aliphatic carbocycles. The van der Waals surface area contributed by atoms with E-state index < -0.39 is 12.0 Å². The van der Waals surface area contributed by atoms with Gasteiger partial charge in [-0.25, -0.2) is 8.78 Å². The Morgan fingerprint density at radius 3 is 2.80 bits per heavy atom. The molecule has 4 atom stereocenters. The van der Waals surface area contributed by atoms with Crippen LogP contribution in [0.3, 0.4) is 0 Å². The number of piperidine rings is 1. The molecule has 2 unspecified atom stereocenters. The summed E-state index contributed by atoms with van der Waals surface area (Å²) in [5.74, 6) is 1.44. The molecule has 4 fully saturated rings. The zero-order chi connectivity index (χ0) is 27.0. The second kappa shape index (κ2) is 9.06. The number of fused-ring (bicyclic) bond motifs is 5. The van der Waals surface area contributed by atoms with Gasteiger partial charge in [-0.3, -0.25) is 15.0 Å². The van der Waals surface area contributed by atoms with Crippen LogP contribution in [-0.4, -0.2) is 74.5 Å². The van der Waals surface area contributed by atoms with Gasteiger partial charge in [0.2, 0.25) is 0 Å². The summed E-state index contributed by atoms with van der Waals surface area (Å²) in [6.45, 7) is 5.36. The predicted molar refractivity (Wildman–Crippen MR) is 149 cm³/mol. The Labute approximate surface area is 231 Å². The summed E-state index contributed by atoms with van der Waals surface area (Å²) in [4.78, 5) is 18.7. The van der Waals surface area contributed by atoms with Crippen molar-refractivity contribution in [2.45, 2.75) is 57.2 Å². The summed E-state index contributed by atoms with van der Waals surface area (Å²) in [7, 11) is 0. The number of alkyl halides is 1. The van der Waals surface area contributed by atoms with E-state index in [0.717, 1.165) is 48.9 Å². The third kappa shape index (κ3) is 3.78. The summed E-state index contributed by atoms with van der Waals surface area (Å²) in [5, 5.41) is 8.54. The fourth-order valence-electron chi connectivity index (χ4n) is 7.97.